The van der Waals surface area contributed by atoms with E-state index in [2.05, 4.69) is 6.92 Å². The first-order valence-electron chi connectivity index (χ1n) is 11.2. The number of aliphatic hydroxyl groups excluding tert-OH is 1. The van der Waals surface area contributed by atoms with Crippen LogP contribution in [0.5, 0.6) is 5.75 Å². The highest BCUT2D eigenvalue weighted by Gasteiger charge is 2.45. The Hall–Kier alpha value is -3.12. The van der Waals surface area contributed by atoms with Crippen molar-refractivity contribution in [2.24, 2.45) is 0 Å². The Balaban J connectivity index is 1.79. The van der Waals surface area contributed by atoms with Crippen molar-refractivity contribution in [3.63, 3.8) is 0 Å². The Labute approximate surface area is 188 Å². The van der Waals surface area contributed by atoms with Gasteiger partial charge in [0.1, 0.15) is 11.5 Å². The Morgan fingerprint density at radius 3 is 2.69 bits per heavy atom. The Bertz CT molecular complexity index is 1040. The number of ketones is 1. The predicted octanol–water partition coefficient (Wildman–Crippen LogP) is 4.03. The Morgan fingerprint density at radius 1 is 1.19 bits per heavy atom. The molecule has 6 heteroatoms. The van der Waals surface area contributed by atoms with Gasteiger partial charge in [0.2, 0.25) is 0 Å². The van der Waals surface area contributed by atoms with Gasteiger partial charge >= 0.3 is 0 Å². The second kappa shape index (κ2) is 9.57. The van der Waals surface area contributed by atoms with Gasteiger partial charge in [0.05, 0.1) is 18.2 Å². The summed E-state index contributed by atoms with van der Waals surface area (Å²) >= 11 is 0. The molecule has 1 atom stereocenters. The number of ether oxygens (including phenoxy) is 2. The number of hydrogen-bond donors (Lipinski definition) is 1. The van der Waals surface area contributed by atoms with E-state index in [-0.39, 0.29) is 11.3 Å². The number of fused-ring (bicyclic) bond motifs is 1. The second-order valence-corrected chi connectivity index (χ2v) is 8.21. The van der Waals surface area contributed by atoms with E-state index in [0.717, 1.165) is 36.1 Å². The maximum Gasteiger partial charge on any atom is 0.295 e. The lowest BCUT2D eigenvalue weighted by molar-refractivity contribution is -0.140. The number of likely N-dealkylation sites (tertiary alicyclic amines) is 1. The molecule has 0 spiro atoms. The van der Waals surface area contributed by atoms with Crippen molar-refractivity contribution in [3.8, 4) is 5.75 Å². The number of rotatable bonds is 7. The molecule has 2 heterocycles. The average molecular weight is 436 g/mol. The summed E-state index contributed by atoms with van der Waals surface area (Å²) in [4.78, 5) is 27.6. The molecule has 0 bridgehead atoms. The minimum Gasteiger partial charge on any atom is -0.507 e. The number of amides is 1. The number of aliphatic hydroxyl groups is 1. The summed E-state index contributed by atoms with van der Waals surface area (Å²) in [5.74, 6) is -0.581. The molecular formula is C26H29NO5. The standard InChI is InChI=1S/C26H29NO5/c1-3-17-7-9-18(10-8-17)23-22(25(29)26(30)27(23)13-5-14-31-2)24(28)20-11-12-21-19(16-20)6-4-15-32-21/h7-12,16,23,28H,3-6,13-15H2,1-2H3/b24-22-. The van der Waals surface area contributed by atoms with Crippen LogP contribution in [0.4, 0.5) is 0 Å². The number of methoxy groups -OCH3 is 1. The van der Waals surface area contributed by atoms with Gasteiger partial charge < -0.3 is 19.5 Å². The number of carbonyl (C=O) groups is 2. The summed E-state index contributed by atoms with van der Waals surface area (Å²) in [5.41, 5.74) is 3.63. The minimum atomic E-state index is -0.654. The molecule has 1 fully saturated rings. The van der Waals surface area contributed by atoms with E-state index in [4.69, 9.17) is 9.47 Å². The van der Waals surface area contributed by atoms with Crippen LogP contribution in [0.2, 0.25) is 0 Å². The normalized spacial score (nSPS) is 19.7. The zero-order valence-corrected chi connectivity index (χ0v) is 18.6. The SMILES string of the molecule is CCc1ccc(C2/C(=C(/O)c3ccc4c(c3)CCCO4)C(=O)C(=O)N2CCCOC)cc1. The summed E-state index contributed by atoms with van der Waals surface area (Å²) in [5, 5.41) is 11.2. The van der Waals surface area contributed by atoms with E-state index in [1.54, 1.807) is 18.1 Å². The molecule has 1 unspecified atom stereocenters. The fraction of sp³-hybridized carbons (Fsp3) is 0.385. The lowest BCUT2D eigenvalue weighted by Gasteiger charge is -2.25. The van der Waals surface area contributed by atoms with Gasteiger partial charge in [0, 0.05) is 25.8 Å². The molecule has 4 rings (SSSR count). The van der Waals surface area contributed by atoms with Crippen LogP contribution in [-0.4, -0.2) is 48.6 Å². The van der Waals surface area contributed by atoms with Crippen molar-refractivity contribution in [2.45, 2.75) is 38.6 Å². The summed E-state index contributed by atoms with van der Waals surface area (Å²) in [6.07, 6.45) is 3.25. The van der Waals surface area contributed by atoms with E-state index in [9.17, 15) is 14.7 Å². The molecule has 2 aromatic carbocycles. The molecular weight excluding hydrogens is 406 g/mol. The quantitative estimate of drug-likeness (QED) is 0.308. The third-order valence-electron chi connectivity index (χ3n) is 6.17. The van der Waals surface area contributed by atoms with E-state index >= 15 is 0 Å². The van der Waals surface area contributed by atoms with Gasteiger partial charge in [-0.2, -0.15) is 0 Å². The van der Waals surface area contributed by atoms with Crippen LogP contribution in [0.3, 0.4) is 0 Å². The number of benzene rings is 2. The summed E-state index contributed by atoms with van der Waals surface area (Å²) in [7, 11) is 1.61. The van der Waals surface area contributed by atoms with Crippen molar-refractivity contribution >= 4 is 17.4 Å². The van der Waals surface area contributed by atoms with Crippen LogP contribution in [-0.2, 0) is 27.2 Å². The second-order valence-electron chi connectivity index (χ2n) is 8.21. The predicted molar refractivity (Wildman–Crippen MR) is 122 cm³/mol. The van der Waals surface area contributed by atoms with E-state index < -0.39 is 17.7 Å². The first-order chi connectivity index (χ1) is 15.5. The maximum atomic E-state index is 13.1. The van der Waals surface area contributed by atoms with Crippen molar-refractivity contribution in [2.75, 3.05) is 26.9 Å². The van der Waals surface area contributed by atoms with Crippen LogP contribution in [0.1, 0.15) is 48.1 Å². The molecule has 168 valence electrons. The molecule has 2 aliphatic heterocycles. The summed E-state index contributed by atoms with van der Waals surface area (Å²) < 4.78 is 10.8. The molecule has 2 aromatic rings. The fourth-order valence-corrected chi connectivity index (χ4v) is 4.44. The highest BCUT2D eigenvalue weighted by atomic mass is 16.5. The number of Topliss-reactive ketones (excluding diaryl/α,β-unsaturated/α-hetero) is 1. The number of carbonyl (C=O) groups excluding carboxylic acids is 2. The van der Waals surface area contributed by atoms with Gasteiger partial charge in [-0.15, -0.1) is 0 Å². The first-order valence-corrected chi connectivity index (χ1v) is 11.2. The highest BCUT2D eigenvalue weighted by molar-refractivity contribution is 6.46. The van der Waals surface area contributed by atoms with Gasteiger partial charge in [-0.1, -0.05) is 31.2 Å². The molecule has 1 N–H and O–H groups in total. The van der Waals surface area contributed by atoms with Gasteiger partial charge in [-0.3, -0.25) is 9.59 Å². The molecule has 1 saturated heterocycles. The largest absolute Gasteiger partial charge is 0.507 e. The van der Waals surface area contributed by atoms with Gasteiger partial charge in [-0.25, -0.2) is 0 Å². The number of nitrogens with zero attached hydrogens (tertiary/aromatic N) is 1. The maximum absolute atomic E-state index is 13.1. The third-order valence-corrected chi connectivity index (χ3v) is 6.17. The molecule has 0 saturated carbocycles. The topological polar surface area (TPSA) is 76.1 Å². The zero-order valence-electron chi connectivity index (χ0n) is 18.6. The summed E-state index contributed by atoms with van der Waals surface area (Å²) in [6.45, 7) is 3.60. The van der Waals surface area contributed by atoms with Crippen LogP contribution < -0.4 is 4.74 Å². The molecule has 0 radical (unpaired) electrons. The average Bonchev–Trinajstić information content (AvgIpc) is 3.08. The minimum absolute atomic E-state index is 0.133. The van der Waals surface area contributed by atoms with Crippen LogP contribution in [0, 0.1) is 0 Å². The Morgan fingerprint density at radius 2 is 1.97 bits per heavy atom. The first kappa shape index (κ1) is 22.1. The van der Waals surface area contributed by atoms with Crippen molar-refractivity contribution in [3.05, 3.63) is 70.3 Å². The fourth-order valence-electron chi connectivity index (χ4n) is 4.44. The van der Waals surface area contributed by atoms with Crippen molar-refractivity contribution in [1.82, 2.24) is 4.90 Å². The van der Waals surface area contributed by atoms with Gasteiger partial charge in [-0.05, 0) is 60.6 Å². The van der Waals surface area contributed by atoms with E-state index in [0.29, 0.717) is 31.7 Å². The third kappa shape index (κ3) is 4.15. The van der Waals surface area contributed by atoms with Crippen LogP contribution >= 0.6 is 0 Å². The summed E-state index contributed by atoms with van der Waals surface area (Å²) in [6, 6.07) is 12.7. The molecule has 0 aliphatic carbocycles. The van der Waals surface area contributed by atoms with Gasteiger partial charge in [0.15, 0.2) is 0 Å². The molecule has 6 nitrogen and oxygen atoms in total. The monoisotopic (exact) mass is 435 g/mol. The molecule has 0 aromatic heterocycles. The van der Waals surface area contributed by atoms with E-state index in [1.165, 1.54) is 5.56 Å². The molecule has 2 aliphatic rings. The van der Waals surface area contributed by atoms with E-state index in [1.807, 2.05) is 36.4 Å². The smallest absolute Gasteiger partial charge is 0.295 e. The molecule has 1 amide bonds. The van der Waals surface area contributed by atoms with Crippen LogP contribution in [0.15, 0.2) is 48.0 Å². The number of hydrogen-bond acceptors (Lipinski definition) is 5. The van der Waals surface area contributed by atoms with Crippen molar-refractivity contribution < 1.29 is 24.2 Å². The lowest BCUT2D eigenvalue weighted by atomic mass is 9.93. The zero-order chi connectivity index (χ0) is 22.7. The lowest BCUT2D eigenvalue weighted by Crippen LogP contribution is -2.31. The van der Waals surface area contributed by atoms with Gasteiger partial charge in [0.25, 0.3) is 11.7 Å². The molecule has 32 heavy (non-hydrogen) atoms. The van der Waals surface area contributed by atoms with Crippen LogP contribution in [0.25, 0.3) is 5.76 Å². The van der Waals surface area contributed by atoms with Crippen molar-refractivity contribution in [1.29, 1.82) is 0 Å². The highest BCUT2D eigenvalue weighted by Crippen LogP contribution is 2.40. The number of aryl methyl sites for hydroxylation is 2. The Kier molecular flexibility index (Phi) is 6.61.